The van der Waals surface area contributed by atoms with Crippen molar-refractivity contribution in [2.45, 2.75) is 44.7 Å². The first-order valence-corrected chi connectivity index (χ1v) is 12.7. The van der Waals surface area contributed by atoms with Crippen LogP contribution < -0.4 is 0 Å². The lowest BCUT2D eigenvalue weighted by atomic mass is 10.0. The number of hydrogen-bond donors (Lipinski definition) is 0. The summed E-state index contributed by atoms with van der Waals surface area (Å²) in [7, 11) is -3.05. The fraction of sp³-hybridized carbons (Fsp3) is 0.417. The van der Waals surface area contributed by atoms with Gasteiger partial charge in [-0.3, -0.25) is 9.59 Å². The van der Waals surface area contributed by atoms with E-state index in [4.69, 9.17) is 9.47 Å². The number of rotatable bonds is 11. The molecule has 11 heteroatoms. The SMILES string of the molecule is CCOC(=O)C(CC(C)C)N(CC(=O)OC)S(=O)(=O)c1ccc(Cn2ccc3ncnc-3c2)cc1. The van der Waals surface area contributed by atoms with Gasteiger partial charge in [0.2, 0.25) is 10.0 Å². The van der Waals surface area contributed by atoms with Gasteiger partial charge in [-0.05, 0) is 43.0 Å². The number of sulfonamides is 1. The number of methoxy groups -OCH3 is 1. The van der Waals surface area contributed by atoms with E-state index in [1.165, 1.54) is 25.6 Å². The molecule has 1 unspecified atom stereocenters. The molecule has 0 N–H and O–H groups in total. The van der Waals surface area contributed by atoms with Gasteiger partial charge in [0.15, 0.2) is 0 Å². The van der Waals surface area contributed by atoms with Crippen LogP contribution in [0.25, 0.3) is 11.4 Å². The van der Waals surface area contributed by atoms with E-state index in [0.29, 0.717) is 6.54 Å². The van der Waals surface area contributed by atoms with E-state index in [1.54, 1.807) is 19.1 Å². The van der Waals surface area contributed by atoms with E-state index >= 15 is 0 Å². The summed E-state index contributed by atoms with van der Waals surface area (Å²) in [5, 5.41) is 0. The van der Waals surface area contributed by atoms with Crippen molar-refractivity contribution >= 4 is 22.0 Å². The lowest BCUT2D eigenvalue weighted by molar-refractivity contribution is -0.150. The Labute approximate surface area is 205 Å². The Kier molecular flexibility index (Phi) is 8.57. The number of pyridine rings is 1. The molecule has 0 saturated carbocycles. The van der Waals surface area contributed by atoms with Gasteiger partial charge in [0, 0.05) is 18.9 Å². The molecule has 0 fully saturated rings. The van der Waals surface area contributed by atoms with Crippen molar-refractivity contribution in [3.05, 3.63) is 54.6 Å². The second kappa shape index (κ2) is 11.4. The highest BCUT2D eigenvalue weighted by Gasteiger charge is 2.38. The van der Waals surface area contributed by atoms with Crippen molar-refractivity contribution < 1.29 is 27.5 Å². The number of hydrogen-bond acceptors (Lipinski definition) is 8. The third kappa shape index (κ3) is 6.43. The quantitative estimate of drug-likeness (QED) is 0.367. The maximum absolute atomic E-state index is 13.6. The van der Waals surface area contributed by atoms with E-state index in [-0.39, 0.29) is 23.8 Å². The molecule has 1 aromatic carbocycles. The van der Waals surface area contributed by atoms with Crippen LogP contribution in [0.3, 0.4) is 0 Å². The van der Waals surface area contributed by atoms with Crippen LogP contribution in [0.4, 0.5) is 0 Å². The summed E-state index contributed by atoms with van der Waals surface area (Å²) in [6.45, 7) is 5.34. The van der Waals surface area contributed by atoms with Gasteiger partial charge in [-0.2, -0.15) is 4.31 Å². The average molecular weight is 503 g/mol. The van der Waals surface area contributed by atoms with Crippen molar-refractivity contribution in [1.29, 1.82) is 0 Å². The normalized spacial score (nSPS) is 12.7. The van der Waals surface area contributed by atoms with Gasteiger partial charge < -0.3 is 14.0 Å². The first-order chi connectivity index (χ1) is 16.6. The lowest BCUT2D eigenvalue weighted by Gasteiger charge is -2.29. The molecule has 188 valence electrons. The Bertz CT molecular complexity index is 1220. The molecule has 0 amide bonds. The van der Waals surface area contributed by atoms with Gasteiger partial charge in [-0.15, -0.1) is 0 Å². The Morgan fingerprint density at radius 3 is 2.40 bits per heavy atom. The van der Waals surface area contributed by atoms with Crippen LogP contribution in [0.15, 0.2) is 53.9 Å². The number of fused-ring (bicyclic) bond motifs is 1. The predicted octanol–water partition coefficient (Wildman–Crippen LogP) is 2.57. The number of carbonyl (C=O) groups is 2. The standard InChI is InChI=1S/C24H30N4O6S/c1-5-34-24(30)22(12-17(2)3)28(15-23(29)33-4)35(31,32)19-8-6-18(7-9-19)13-27-11-10-20-21(14-27)26-16-25-20/h6-11,14,16-17,22H,5,12-13,15H2,1-4H3. The molecular formula is C24H30N4O6S. The average Bonchev–Trinajstić information content (AvgIpc) is 3.29. The highest BCUT2D eigenvalue weighted by atomic mass is 32.2. The number of carbonyl (C=O) groups excluding carboxylic acids is 2. The molecule has 2 aliphatic heterocycles. The molecule has 10 nitrogen and oxygen atoms in total. The smallest absolute Gasteiger partial charge is 0.324 e. The summed E-state index contributed by atoms with van der Waals surface area (Å²) in [5.74, 6) is -1.50. The molecule has 2 aliphatic rings. The zero-order valence-corrected chi connectivity index (χ0v) is 21.1. The Morgan fingerprint density at radius 1 is 1.09 bits per heavy atom. The van der Waals surface area contributed by atoms with Crippen molar-refractivity contribution in [3.8, 4) is 11.4 Å². The van der Waals surface area contributed by atoms with Crippen LogP contribution in [0, 0.1) is 5.92 Å². The van der Waals surface area contributed by atoms with Gasteiger partial charge in [0.1, 0.15) is 24.6 Å². The molecule has 0 spiro atoms. The van der Waals surface area contributed by atoms with Crippen molar-refractivity contribution in [3.63, 3.8) is 0 Å². The van der Waals surface area contributed by atoms with Crippen LogP contribution in [-0.4, -0.2) is 65.5 Å². The Hall–Kier alpha value is -3.31. The summed E-state index contributed by atoms with van der Waals surface area (Å²) >= 11 is 0. The fourth-order valence-electron chi connectivity index (χ4n) is 3.66. The summed E-state index contributed by atoms with van der Waals surface area (Å²) in [6, 6.07) is 7.02. The highest BCUT2D eigenvalue weighted by Crippen LogP contribution is 2.24. The second-order valence-electron chi connectivity index (χ2n) is 8.43. The number of ether oxygens (including phenoxy) is 2. The molecule has 3 rings (SSSR count). The molecular weight excluding hydrogens is 472 g/mol. The largest absolute Gasteiger partial charge is 0.468 e. The summed E-state index contributed by atoms with van der Waals surface area (Å²) in [5.41, 5.74) is 2.42. The lowest BCUT2D eigenvalue weighted by Crippen LogP contribution is -2.49. The van der Waals surface area contributed by atoms with E-state index < -0.39 is 34.5 Å². The third-order valence-corrected chi connectivity index (χ3v) is 7.25. The minimum Gasteiger partial charge on any atom is -0.468 e. The maximum atomic E-state index is 13.6. The van der Waals surface area contributed by atoms with Crippen molar-refractivity contribution in [2.75, 3.05) is 20.3 Å². The molecule has 0 saturated heterocycles. The van der Waals surface area contributed by atoms with Crippen LogP contribution in [0.5, 0.6) is 0 Å². The first kappa shape index (κ1) is 26.3. The van der Waals surface area contributed by atoms with Crippen molar-refractivity contribution in [2.24, 2.45) is 5.92 Å². The third-order valence-electron chi connectivity index (χ3n) is 5.38. The first-order valence-electron chi connectivity index (χ1n) is 11.3. The van der Waals surface area contributed by atoms with Crippen LogP contribution in [0.1, 0.15) is 32.8 Å². The molecule has 1 aromatic rings. The Morgan fingerprint density at radius 2 is 1.77 bits per heavy atom. The summed E-state index contributed by atoms with van der Waals surface area (Å²) in [4.78, 5) is 33.1. The summed E-state index contributed by atoms with van der Waals surface area (Å²) in [6.07, 6.45) is 5.42. The van der Waals surface area contributed by atoms with Crippen LogP contribution in [0.2, 0.25) is 0 Å². The summed E-state index contributed by atoms with van der Waals surface area (Å²) < 4.78 is 39.8. The number of aromatic nitrogens is 3. The monoisotopic (exact) mass is 502 g/mol. The van der Waals surface area contributed by atoms with E-state index in [0.717, 1.165) is 21.3 Å². The maximum Gasteiger partial charge on any atom is 0.324 e. The predicted molar refractivity (Wildman–Crippen MR) is 128 cm³/mol. The number of imidazole rings is 1. The van der Waals surface area contributed by atoms with E-state index in [9.17, 15) is 18.0 Å². The zero-order chi connectivity index (χ0) is 25.6. The molecule has 0 aromatic heterocycles. The molecule has 2 heterocycles. The van der Waals surface area contributed by atoms with Gasteiger partial charge in [0.05, 0.1) is 24.3 Å². The van der Waals surface area contributed by atoms with Gasteiger partial charge >= 0.3 is 11.9 Å². The molecule has 35 heavy (non-hydrogen) atoms. The topological polar surface area (TPSA) is 121 Å². The fourth-order valence-corrected chi connectivity index (χ4v) is 5.20. The second-order valence-corrected chi connectivity index (χ2v) is 10.3. The molecule has 0 radical (unpaired) electrons. The van der Waals surface area contributed by atoms with E-state index in [1.807, 2.05) is 36.9 Å². The van der Waals surface area contributed by atoms with Gasteiger partial charge in [-0.25, -0.2) is 18.4 Å². The van der Waals surface area contributed by atoms with E-state index in [2.05, 4.69) is 9.97 Å². The number of benzene rings is 1. The number of esters is 2. The number of nitrogens with zero attached hydrogens (tertiary/aromatic N) is 4. The molecule has 1 atom stereocenters. The minimum atomic E-state index is -4.22. The van der Waals surface area contributed by atoms with Crippen LogP contribution >= 0.6 is 0 Å². The van der Waals surface area contributed by atoms with Crippen LogP contribution in [-0.2, 0) is 35.6 Å². The van der Waals surface area contributed by atoms with Crippen molar-refractivity contribution in [1.82, 2.24) is 18.8 Å². The minimum absolute atomic E-state index is 0.0244. The van der Waals surface area contributed by atoms with Gasteiger partial charge in [0.25, 0.3) is 0 Å². The molecule has 0 bridgehead atoms. The zero-order valence-electron chi connectivity index (χ0n) is 20.2. The van der Waals surface area contributed by atoms with Gasteiger partial charge in [-0.1, -0.05) is 26.0 Å². The molecule has 0 aliphatic carbocycles. The Balaban J connectivity index is 1.90. The highest BCUT2D eigenvalue weighted by molar-refractivity contribution is 7.89.